The Morgan fingerprint density at radius 2 is 1.86 bits per heavy atom. The normalized spacial score (nSPS) is 16.1. The first-order valence-corrected chi connectivity index (χ1v) is 9.30. The minimum absolute atomic E-state index is 0.147. The number of esters is 2. The summed E-state index contributed by atoms with van der Waals surface area (Å²) in [6.07, 6.45) is 0.608. The average Bonchev–Trinajstić information content (AvgIpc) is 2.65. The van der Waals surface area contributed by atoms with Gasteiger partial charge < -0.3 is 24.8 Å². The predicted octanol–water partition coefficient (Wildman–Crippen LogP) is 2.08. The molecule has 2 N–H and O–H groups in total. The standard InChI is InChI=1S/C20H26N2O6/c1-4-26-16-9-7-6-8-14(16)10-11-17(23)28-12-15-18(19(24)27-5-2)13(3)21-20(25)22-15/h6-9,13H,4-5,10-12H2,1-3H3,(H2,21,22,25)/t13-/m1/s1. The van der Waals surface area contributed by atoms with Gasteiger partial charge in [0.15, 0.2) is 0 Å². The van der Waals surface area contributed by atoms with Crippen LogP contribution in [0.5, 0.6) is 5.75 Å². The number of carbonyl (C=O) groups excluding carboxylic acids is 3. The molecular weight excluding hydrogens is 364 g/mol. The molecule has 8 heteroatoms. The van der Waals surface area contributed by atoms with Crippen molar-refractivity contribution in [1.82, 2.24) is 10.6 Å². The van der Waals surface area contributed by atoms with Gasteiger partial charge in [0, 0.05) is 6.42 Å². The van der Waals surface area contributed by atoms with Gasteiger partial charge in [-0.3, -0.25) is 4.79 Å². The fraction of sp³-hybridized carbons (Fsp3) is 0.450. The monoisotopic (exact) mass is 390 g/mol. The maximum absolute atomic E-state index is 12.2. The van der Waals surface area contributed by atoms with E-state index in [9.17, 15) is 14.4 Å². The highest BCUT2D eigenvalue weighted by Crippen LogP contribution is 2.20. The Bertz CT molecular complexity index is 759. The van der Waals surface area contributed by atoms with Crippen LogP contribution in [-0.2, 0) is 25.5 Å². The number of para-hydroxylation sites is 1. The molecule has 1 aromatic rings. The zero-order chi connectivity index (χ0) is 20.5. The Morgan fingerprint density at radius 3 is 2.57 bits per heavy atom. The van der Waals surface area contributed by atoms with Gasteiger partial charge in [-0.05, 0) is 38.8 Å². The zero-order valence-electron chi connectivity index (χ0n) is 16.4. The summed E-state index contributed by atoms with van der Waals surface area (Å²) >= 11 is 0. The molecule has 28 heavy (non-hydrogen) atoms. The lowest BCUT2D eigenvalue weighted by atomic mass is 10.0. The molecule has 8 nitrogen and oxygen atoms in total. The predicted molar refractivity (Wildman–Crippen MR) is 102 cm³/mol. The first-order valence-electron chi connectivity index (χ1n) is 9.30. The first kappa shape index (κ1) is 21.3. The smallest absolute Gasteiger partial charge is 0.338 e. The zero-order valence-corrected chi connectivity index (χ0v) is 16.4. The lowest BCUT2D eigenvalue weighted by molar-refractivity contribution is -0.143. The molecule has 0 saturated heterocycles. The maximum Gasteiger partial charge on any atom is 0.338 e. The fourth-order valence-electron chi connectivity index (χ4n) is 2.86. The molecule has 0 spiro atoms. The number of urea groups is 1. The Hall–Kier alpha value is -3.03. The summed E-state index contributed by atoms with van der Waals surface area (Å²) in [5, 5.41) is 5.11. The van der Waals surface area contributed by atoms with E-state index < -0.39 is 24.0 Å². The summed E-state index contributed by atoms with van der Waals surface area (Å²) in [7, 11) is 0. The summed E-state index contributed by atoms with van der Waals surface area (Å²) in [6, 6.07) is 6.50. The molecule has 1 aliphatic heterocycles. The van der Waals surface area contributed by atoms with Crippen LogP contribution < -0.4 is 15.4 Å². The van der Waals surface area contributed by atoms with Gasteiger partial charge in [0.1, 0.15) is 12.4 Å². The van der Waals surface area contributed by atoms with Crippen LogP contribution in [0, 0.1) is 0 Å². The van der Waals surface area contributed by atoms with Gasteiger partial charge in [-0.25, -0.2) is 9.59 Å². The number of ether oxygens (including phenoxy) is 3. The van der Waals surface area contributed by atoms with Crippen LogP contribution in [0.25, 0.3) is 0 Å². The van der Waals surface area contributed by atoms with E-state index in [0.717, 1.165) is 11.3 Å². The highest BCUT2D eigenvalue weighted by Gasteiger charge is 2.30. The Kier molecular flexibility index (Phi) is 7.86. The van der Waals surface area contributed by atoms with Gasteiger partial charge in [-0.15, -0.1) is 0 Å². The van der Waals surface area contributed by atoms with Crippen LogP contribution in [0.15, 0.2) is 35.5 Å². The number of nitrogens with one attached hydrogen (secondary N) is 2. The molecule has 1 aromatic carbocycles. The van der Waals surface area contributed by atoms with Gasteiger partial charge in [-0.2, -0.15) is 0 Å². The third-order valence-corrected chi connectivity index (χ3v) is 4.11. The van der Waals surface area contributed by atoms with Crippen LogP contribution in [0.1, 0.15) is 32.8 Å². The summed E-state index contributed by atoms with van der Waals surface area (Å²) in [6.45, 7) is 5.79. The van der Waals surface area contributed by atoms with Crippen molar-refractivity contribution in [1.29, 1.82) is 0 Å². The Labute approximate surface area is 164 Å². The van der Waals surface area contributed by atoms with Crippen LogP contribution >= 0.6 is 0 Å². The van der Waals surface area contributed by atoms with Crippen molar-refractivity contribution in [2.45, 2.75) is 39.7 Å². The molecule has 0 aliphatic carbocycles. The quantitative estimate of drug-likeness (QED) is 0.626. The van der Waals surface area contributed by atoms with Crippen LogP contribution in [0.2, 0.25) is 0 Å². The maximum atomic E-state index is 12.2. The van der Waals surface area contributed by atoms with Crippen molar-refractivity contribution >= 4 is 18.0 Å². The van der Waals surface area contributed by atoms with Crippen LogP contribution in [0.4, 0.5) is 4.79 Å². The van der Waals surface area contributed by atoms with Gasteiger partial charge in [0.2, 0.25) is 0 Å². The Balaban J connectivity index is 1.99. The molecule has 1 aliphatic rings. The van der Waals surface area contributed by atoms with Gasteiger partial charge in [0.25, 0.3) is 0 Å². The van der Waals surface area contributed by atoms with Crippen molar-refractivity contribution < 1.29 is 28.6 Å². The third kappa shape index (κ3) is 5.73. The first-order chi connectivity index (χ1) is 13.5. The van der Waals surface area contributed by atoms with E-state index >= 15 is 0 Å². The van der Waals surface area contributed by atoms with Crippen molar-refractivity contribution in [3.8, 4) is 5.75 Å². The molecular formula is C20H26N2O6. The summed E-state index contributed by atoms with van der Waals surface area (Å²) in [4.78, 5) is 36.0. The molecule has 2 rings (SSSR count). The molecule has 0 bridgehead atoms. The minimum Gasteiger partial charge on any atom is -0.494 e. The van der Waals surface area contributed by atoms with Crippen LogP contribution in [-0.4, -0.2) is 43.8 Å². The second-order valence-corrected chi connectivity index (χ2v) is 6.13. The Morgan fingerprint density at radius 1 is 1.11 bits per heavy atom. The van der Waals surface area contributed by atoms with Crippen molar-refractivity contribution in [2.75, 3.05) is 19.8 Å². The summed E-state index contributed by atoms with van der Waals surface area (Å²) < 4.78 is 15.8. The van der Waals surface area contributed by atoms with Crippen molar-refractivity contribution in [2.24, 2.45) is 0 Å². The number of benzene rings is 1. The van der Waals surface area contributed by atoms with Crippen LogP contribution in [0.3, 0.4) is 0 Å². The van der Waals surface area contributed by atoms with E-state index in [4.69, 9.17) is 14.2 Å². The van der Waals surface area contributed by atoms with Gasteiger partial charge in [-0.1, -0.05) is 18.2 Å². The van der Waals surface area contributed by atoms with E-state index in [2.05, 4.69) is 10.6 Å². The second-order valence-electron chi connectivity index (χ2n) is 6.13. The van der Waals surface area contributed by atoms with Gasteiger partial charge in [0.05, 0.1) is 30.5 Å². The molecule has 152 valence electrons. The SMILES string of the molecule is CCOC(=O)C1=C(COC(=O)CCc2ccccc2OCC)NC(=O)N[C@@H]1C. The molecule has 0 aromatic heterocycles. The number of carbonyl (C=O) groups is 3. The number of rotatable bonds is 9. The number of aryl methyl sites for hydroxylation is 1. The topological polar surface area (TPSA) is 103 Å². The molecule has 1 heterocycles. The lowest BCUT2D eigenvalue weighted by Crippen LogP contribution is -2.50. The van der Waals surface area contributed by atoms with E-state index in [-0.39, 0.29) is 30.9 Å². The van der Waals surface area contributed by atoms with E-state index in [0.29, 0.717) is 13.0 Å². The minimum atomic E-state index is -0.556. The van der Waals surface area contributed by atoms with Crippen molar-refractivity contribution in [3.63, 3.8) is 0 Å². The summed E-state index contributed by atoms with van der Waals surface area (Å²) in [5.41, 5.74) is 1.39. The fourth-order valence-corrected chi connectivity index (χ4v) is 2.86. The summed E-state index contributed by atoms with van der Waals surface area (Å²) in [5.74, 6) is -0.258. The highest BCUT2D eigenvalue weighted by atomic mass is 16.5. The molecule has 0 fully saturated rings. The lowest BCUT2D eigenvalue weighted by Gasteiger charge is -2.26. The van der Waals surface area contributed by atoms with Gasteiger partial charge >= 0.3 is 18.0 Å². The molecule has 0 unspecified atom stereocenters. The number of amides is 2. The van der Waals surface area contributed by atoms with Crippen molar-refractivity contribution in [3.05, 3.63) is 41.1 Å². The third-order valence-electron chi connectivity index (χ3n) is 4.11. The van der Waals surface area contributed by atoms with E-state index in [1.807, 2.05) is 31.2 Å². The largest absolute Gasteiger partial charge is 0.494 e. The molecule has 1 atom stereocenters. The van der Waals surface area contributed by atoms with E-state index in [1.54, 1.807) is 13.8 Å². The number of hydrogen-bond donors (Lipinski definition) is 2. The molecule has 0 radical (unpaired) electrons. The number of hydrogen-bond acceptors (Lipinski definition) is 6. The highest BCUT2D eigenvalue weighted by molar-refractivity contribution is 5.94. The van der Waals surface area contributed by atoms with E-state index in [1.165, 1.54) is 0 Å². The molecule has 2 amide bonds. The average molecular weight is 390 g/mol. The second kappa shape index (κ2) is 10.3. The molecule has 0 saturated carbocycles.